The number of amides is 1. The Morgan fingerprint density at radius 3 is 2.40 bits per heavy atom. The molecule has 0 fully saturated rings. The Hall–Kier alpha value is -2.90. The number of benzene rings is 2. The summed E-state index contributed by atoms with van der Waals surface area (Å²) in [5.41, 5.74) is 5.91. The van der Waals surface area contributed by atoms with E-state index in [1.807, 2.05) is 49.6 Å². The van der Waals surface area contributed by atoms with E-state index in [-0.39, 0.29) is 12.5 Å². The Balaban J connectivity index is 1.82. The van der Waals surface area contributed by atoms with Gasteiger partial charge in [-0.15, -0.1) is 11.3 Å². The van der Waals surface area contributed by atoms with Crippen LogP contribution in [0.25, 0.3) is 22.0 Å². The fraction of sp³-hybridized carbons (Fsp3) is 0.286. The minimum absolute atomic E-state index is 0.229. The summed E-state index contributed by atoms with van der Waals surface area (Å²) < 4.78 is 8.39. The molecule has 2 heterocycles. The van der Waals surface area contributed by atoms with Crippen LogP contribution < -0.4 is 5.32 Å². The molecule has 35 heavy (non-hydrogen) atoms. The normalized spacial score (nSPS) is 11.1. The van der Waals surface area contributed by atoms with Crippen LogP contribution in [0.5, 0.6) is 0 Å². The Kier molecular flexibility index (Phi) is 7.47. The first kappa shape index (κ1) is 25.2. The maximum absolute atomic E-state index is 13.7. The number of nitrogens with zero attached hydrogens (tertiary/aromatic N) is 1. The highest BCUT2D eigenvalue weighted by Gasteiger charge is 2.27. The zero-order chi connectivity index (χ0) is 25.3. The van der Waals surface area contributed by atoms with Crippen LogP contribution in [0.4, 0.5) is 5.00 Å². The zero-order valence-corrected chi connectivity index (χ0v) is 23.0. The van der Waals surface area contributed by atoms with Crippen molar-refractivity contribution in [1.29, 1.82) is 0 Å². The number of anilines is 1. The van der Waals surface area contributed by atoms with E-state index >= 15 is 0 Å². The average Bonchev–Trinajstić information content (AvgIpc) is 3.32. The molecular formula is C28H29BrN2O3S. The summed E-state index contributed by atoms with van der Waals surface area (Å²) in [5.74, 6) is -0.668. The Bertz CT molecular complexity index is 1420. The molecule has 182 valence electrons. The van der Waals surface area contributed by atoms with Crippen LogP contribution in [0.15, 0.2) is 46.9 Å². The summed E-state index contributed by atoms with van der Waals surface area (Å²) in [6.07, 6.45) is 0.935. The molecule has 4 rings (SSSR count). The van der Waals surface area contributed by atoms with Crippen molar-refractivity contribution in [3.8, 4) is 11.1 Å². The van der Waals surface area contributed by atoms with Gasteiger partial charge in [0.15, 0.2) is 0 Å². The van der Waals surface area contributed by atoms with Crippen LogP contribution in [0, 0.1) is 13.8 Å². The lowest BCUT2D eigenvalue weighted by Crippen LogP contribution is -2.19. The summed E-state index contributed by atoms with van der Waals surface area (Å²) in [5, 5.41) is 4.65. The van der Waals surface area contributed by atoms with Gasteiger partial charge in [0.05, 0.1) is 6.61 Å². The van der Waals surface area contributed by atoms with Gasteiger partial charge >= 0.3 is 5.97 Å². The molecule has 0 saturated carbocycles. The number of rotatable bonds is 7. The fourth-order valence-electron chi connectivity index (χ4n) is 4.57. The molecule has 0 spiro atoms. The number of hydrogen-bond donors (Lipinski definition) is 1. The van der Waals surface area contributed by atoms with Crippen LogP contribution in [0.2, 0.25) is 0 Å². The van der Waals surface area contributed by atoms with Crippen molar-refractivity contribution in [2.75, 3.05) is 11.9 Å². The molecule has 5 nitrogen and oxygen atoms in total. The highest BCUT2D eigenvalue weighted by atomic mass is 79.9. The molecule has 0 radical (unpaired) electrons. The molecule has 7 heteroatoms. The maximum atomic E-state index is 13.7. The standard InChI is InChI=1S/C28H29BrN2O3S/c1-6-18-9-14-22-21(15-18)16(4)25(31(22)7-2)26(32)30-27-24(28(33)34-8-3)23(17(5)35-27)19-10-12-20(29)13-11-19/h9-15H,6-8H2,1-5H3,(H,30,32). The number of carbonyl (C=O) groups excluding carboxylic acids is 2. The third kappa shape index (κ3) is 4.67. The van der Waals surface area contributed by atoms with Gasteiger partial charge in [0.1, 0.15) is 16.3 Å². The van der Waals surface area contributed by atoms with Crippen LogP contribution >= 0.6 is 27.3 Å². The first-order valence-corrected chi connectivity index (χ1v) is 13.4. The molecule has 1 N–H and O–H groups in total. The predicted molar refractivity (Wildman–Crippen MR) is 148 cm³/mol. The van der Waals surface area contributed by atoms with Crippen molar-refractivity contribution in [3.63, 3.8) is 0 Å². The number of nitrogens with one attached hydrogen (secondary N) is 1. The topological polar surface area (TPSA) is 60.3 Å². The lowest BCUT2D eigenvalue weighted by atomic mass is 10.0. The minimum atomic E-state index is -0.439. The van der Waals surface area contributed by atoms with Crippen LogP contribution in [0.1, 0.15) is 57.6 Å². The number of carbonyl (C=O) groups is 2. The second-order valence-corrected chi connectivity index (χ2v) is 10.5. The first-order valence-electron chi connectivity index (χ1n) is 11.8. The van der Waals surface area contributed by atoms with E-state index in [0.717, 1.165) is 43.4 Å². The van der Waals surface area contributed by atoms with Crippen LogP contribution in [-0.2, 0) is 17.7 Å². The van der Waals surface area contributed by atoms with Gasteiger partial charge in [-0.05, 0) is 75.1 Å². The summed E-state index contributed by atoms with van der Waals surface area (Å²) in [4.78, 5) is 27.7. The smallest absolute Gasteiger partial charge is 0.341 e. The van der Waals surface area contributed by atoms with Gasteiger partial charge < -0.3 is 14.6 Å². The average molecular weight is 554 g/mol. The summed E-state index contributed by atoms with van der Waals surface area (Å²) >= 11 is 4.86. The minimum Gasteiger partial charge on any atom is -0.462 e. The van der Waals surface area contributed by atoms with Gasteiger partial charge in [-0.1, -0.05) is 41.1 Å². The second-order valence-electron chi connectivity index (χ2n) is 8.34. The van der Waals surface area contributed by atoms with Gasteiger partial charge in [-0.25, -0.2) is 4.79 Å². The van der Waals surface area contributed by atoms with E-state index < -0.39 is 5.97 Å². The Morgan fingerprint density at radius 1 is 1.06 bits per heavy atom. The molecule has 1 amide bonds. The van der Waals surface area contributed by atoms with E-state index in [1.165, 1.54) is 16.9 Å². The highest BCUT2D eigenvalue weighted by molar-refractivity contribution is 9.10. The van der Waals surface area contributed by atoms with Gasteiger partial charge in [0.25, 0.3) is 5.91 Å². The van der Waals surface area contributed by atoms with Crippen molar-refractivity contribution >= 4 is 55.0 Å². The lowest BCUT2D eigenvalue weighted by molar-refractivity contribution is 0.0529. The predicted octanol–water partition coefficient (Wildman–Crippen LogP) is 7.76. The number of esters is 1. The summed E-state index contributed by atoms with van der Waals surface area (Å²) in [6.45, 7) is 10.8. The third-order valence-corrected chi connectivity index (χ3v) is 7.79. The molecule has 2 aromatic heterocycles. The van der Waals surface area contributed by atoms with E-state index in [1.54, 1.807) is 6.92 Å². The number of aromatic nitrogens is 1. The van der Waals surface area contributed by atoms with Crippen LogP contribution in [0.3, 0.4) is 0 Å². The van der Waals surface area contributed by atoms with Crippen LogP contribution in [-0.4, -0.2) is 23.1 Å². The molecule has 2 aromatic carbocycles. The molecule has 0 aliphatic heterocycles. The molecule has 0 aliphatic carbocycles. The number of thiophene rings is 1. The van der Waals surface area contributed by atoms with Crippen molar-refractivity contribution < 1.29 is 14.3 Å². The molecule has 4 aromatic rings. The molecule has 0 bridgehead atoms. The highest BCUT2D eigenvalue weighted by Crippen LogP contribution is 2.41. The zero-order valence-electron chi connectivity index (χ0n) is 20.6. The summed E-state index contributed by atoms with van der Waals surface area (Å²) in [7, 11) is 0. The number of halogens is 1. The Labute approximate surface area is 218 Å². The molecule has 0 atom stereocenters. The van der Waals surface area contributed by atoms with Crippen molar-refractivity contribution in [2.45, 2.75) is 47.6 Å². The lowest BCUT2D eigenvalue weighted by Gasteiger charge is -2.11. The van der Waals surface area contributed by atoms with E-state index in [2.05, 4.69) is 46.4 Å². The monoisotopic (exact) mass is 552 g/mol. The van der Waals surface area contributed by atoms with Gasteiger partial charge in [-0.2, -0.15) is 0 Å². The SMILES string of the molecule is CCOC(=O)c1c(NC(=O)c2c(C)c3cc(CC)ccc3n2CC)sc(C)c1-c1ccc(Br)cc1. The number of fused-ring (bicyclic) bond motifs is 1. The number of aryl methyl sites for hydroxylation is 4. The molecule has 0 aliphatic rings. The fourth-order valence-corrected chi connectivity index (χ4v) is 5.89. The number of ether oxygens (including phenoxy) is 1. The van der Waals surface area contributed by atoms with E-state index in [0.29, 0.717) is 22.8 Å². The molecule has 0 saturated heterocycles. The van der Waals surface area contributed by atoms with Crippen molar-refractivity contribution in [3.05, 3.63) is 74.2 Å². The second kappa shape index (κ2) is 10.4. The van der Waals surface area contributed by atoms with Crippen molar-refractivity contribution in [1.82, 2.24) is 4.57 Å². The molecule has 0 unspecified atom stereocenters. The van der Waals surface area contributed by atoms with Crippen molar-refractivity contribution in [2.24, 2.45) is 0 Å². The third-order valence-electron chi connectivity index (χ3n) is 6.24. The first-order chi connectivity index (χ1) is 16.8. The largest absolute Gasteiger partial charge is 0.462 e. The van der Waals surface area contributed by atoms with E-state index in [4.69, 9.17) is 4.74 Å². The van der Waals surface area contributed by atoms with Gasteiger partial charge in [0.2, 0.25) is 0 Å². The van der Waals surface area contributed by atoms with E-state index in [9.17, 15) is 9.59 Å². The Morgan fingerprint density at radius 2 is 1.77 bits per heavy atom. The van der Waals surface area contributed by atoms with Gasteiger partial charge in [0, 0.05) is 32.4 Å². The molecular weight excluding hydrogens is 524 g/mol. The summed E-state index contributed by atoms with van der Waals surface area (Å²) in [6, 6.07) is 14.2. The van der Waals surface area contributed by atoms with Gasteiger partial charge in [-0.3, -0.25) is 4.79 Å². The quantitative estimate of drug-likeness (QED) is 0.238. The maximum Gasteiger partial charge on any atom is 0.341 e. The number of hydrogen-bond acceptors (Lipinski definition) is 4.